The molecule has 2 aliphatic rings. The summed E-state index contributed by atoms with van der Waals surface area (Å²) >= 11 is 0. The molecule has 0 saturated carbocycles. The van der Waals surface area contributed by atoms with Crippen LogP contribution in [0.15, 0.2) is 54.6 Å². The Morgan fingerprint density at radius 3 is 2.46 bits per heavy atom. The number of aromatic hydroxyl groups is 1. The van der Waals surface area contributed by atoms with Crippen LogP contribution < -0.4 is 4.90 Å². The Bertz CT molecular complexity index is 715. The van der Waals surface area contributed by atoms with Gasteiger partial charge in [-0.3, -0.25) is 4.90 Å². The minimum Gasteiger partial charge on any atom is -0.508 e. The van der Waals surface area contributed by atoms with Crippen LogP contribution in [0.4, 0.5) is 5.69 Å². The topological polar surface area (TPSA) is 26.7 Å². The highest BCUT2D eigenvalue weighted by Gasteiger charge is 2.20. The summed E-state index contributed by atoms with van der Waals surface area (Å²) in [6.45, 7) is 5.49. The number of hydrogen-bond donors (Lipinski definition) is 1. The molecule has 0 aromatic heterocycles. The molecule has 2 aromatic rings. The zero-order chi connectivity index (χ0) is 16.4. The SMILES string of the molecule is Oc1ccc(N2CCN(CCC3C=Cc4ccccc43)CC2)cc1. The van der Waals surface area contributed by atoms with Gasteiger partial charge in [0.05, 0.1) is 0 Å². The molecular formula is C21H24N2O. The number of nitrogens with zero attached hydrogens (tertiary/aromatic N) is 2. The first-order valence-corrected chi connectivity index (χ1v) is 8.83. The van der Waals surface area contributed by atoms with Crippen LogP contribution in [-0.2, 0) is 0 Å². The maximum atomic E-state index is 9.41. The quantitative estimate of drug-likeness (QED) is 0.930. The van der Waals surface area contributed by atoms with Crippen LogP contribution >= 0.6 is 0 Å². The van der Waals surface area contributed by atoms with Gasteiger partial charge in [-0.25, -0.2) is 0 Å². The van der Waals surface area contributed by atoms with Crippen LogP contribution in [0.3, 0.4) is 0 Å². The van der Waals surface area contributed by atoms with Crippen molar-refractivity contribution in [1.29, 1.82) is 0 Å². The normalized spacial score (nSPS) is 20.3. The monoisotopic (exact) mass is 320 g/mol. The van der Waals surface area contributed by atoms with Crippen molar-refractivity contribution >= 4 is 11.8 Å². The lowest BCUT2D eigenvalue weighted by Gasteiger charge is -2.36. The highest BCUT2D eigenvalue weighted by molar-refractivity contribution is 5.62. The van der Waals surface area contributed by atoms with Crippen LogP contribution in [0.5, 0.6) is 5.75 Å². The molecule has 0 bridgehead atoms. The van der Waals surface area contributed by atoms with E-state index in [0.717, 1.165) is 32.7 Å². The van der Waals surface area contributed by atoms with E-state index in [0.29, 0.717) is 11.7 Å². The lowest BCUT2D eigenvalue weighted by atomic mass is 9.97. The third-order valence-corrected chi connectivity index (χ3v) is 5.25. The molecule has 24 heavy (non-hydrogen) atoms. The summed E-state index contributed by atoms with van der Waals surface area (Å²) in [5.41, 5.74) is 4.08. The van der Waals surface area contributed by atoms with E-state index in [1.807, 2.05) is 12.1 Å². The Hall–Kier alpha value is -2.26. The Kier molecular flexibility index (Phi) is 4.26. The zero-order valence-electron chi connectivity index (χ0n) is 13.9. The molecule has 1 aliphatic carbocycles. The molecule has 1 N–H and O–H groups in total. The van der Waals surface area contributed by atoms with Crippen molar-refractivity contribution in [1.82, 2.24) is 4.90 Å². The fourth-order valence-corrected chi connectivity index (χ4v) is 3.79. The molecular weight excluding hydrogens is 296 g/mol. The number of hydrogen-bond acceptors (Lipinski definition) is 3. The molecule has 0 radical (unpaired) electrons. The third-order valence-electron chi connectivity index (χ3n) is 5.25. The second-order valence-electron chi connectivity index (χ2n) is 6.73. The van der Waals surface area contributed by atoms with Gasteiger partial charge in [0.2, 0.25) is 0 Å². The Balaban J connectivity index is 1.28. The summed E-state index contributed by atoms with van der Waals surface area (Å²) in [5.74, 6) is 0.915. The fraction of sp³-hybridized carbons (Fsp3) is 0.333. The number of rotatable bonds is 4. The number of anilines is 1. The second kappa shape index (κ2) is 6.70. The molecule has 1 atom stereocenters. The number of phenolic OH excluding ortho intramolecular Hbond substituents is 1. The van der Waals surface area contributed by atoms with E-state index < -0.39 is 0 Å². The van der Waals surface area contributed by atoms with Gasteiger partial charge in [0.1, 0.15) is 5.75 Å². The average molecular weight is 320 g/mol. The minimum atomic E-state index is 0.335. The smallest absolute Gasteiger partial charge is 0.115 e. The van der Waals surface area contributed by atoms with E-state index >= 15 is 0 Å². The van der Waals surface area contributed by atoms with Gasteiger partial charge in [-0.15, -0.1) is 0 Å². The predicted molar refractivity (Wildman–Crippen MR) is 99.6 cm³/mol. The van der Waals surface area contributed by atoms with Gasteiger partial charge >= 0.3 is 0 Å². The second-order valence-corrected chi connectivity index (χ2v) is 6.73. The molecule has 4 rings (SSSR count). The van der Waals surface area contributed by atoms with Gasteiger partial charge < -0.3 is 10.0 Å². The number of piperazine rings is 1. The first kappa shape index (κ1) is 15.3. The standard InChI is InChI=1S/C21H24N2O/c24-20-9-7-19(8-10-20)23-15-13-22(14-16-23)12-11-18-6-5-17-3-1-2-4-21(17)18/h1-10,18,24H,11-16H2. The molecule has 1 fully saturated rings. The summed E-state index contributed by atoms with van der Waals surface area (Å²) in [6.07, 6.45) is 5.83. The third kappa shape index (κ3) is 3.17. The van der Waals surface area contributed by atoms with E-state index in [-0.39, 0.29) is 0 Å². The van der Waals surface area contributed by atoms with Crippen molar-refractivity contribution in [2.75, 3.05) is 37.6 Å². The first-order chi connectivity index (χ1) is 11.8. The zero-order valence-corrected chi connectivity index (χ0v) is 13.9. The van der Waals surface area contributed by atoms with E-state index in [4.69, 9.17) is 0 Å². The van der Waals surface area contributed by atoms with Crippen LogP contribution in [0.2, 0.25) is 0 Å². The Morgan fingerprint density at radius 1 is 0.917 bits per heavy atom. The van der Waals surface area contributed by atoms with Gasteiger partial charge in [-0.05, 0) is 48.4 Å². The Morgan fingerprint density at radius 2 is 1.67 bits per heavy atom. The first-order valence-electron chi connectivity index (χ1n) is 8.83. The maximum Gasteiger partial charge on any atom is 0.115 e. The average Bonchev–Trinajstić information content (AvgIpc) is 3.04. The fourth-order valence-electron chi connectivity index (χ4n) is 3.79. The number of benzene rings is 2. The minimum absolute atomic E-state index is 0.335. The molecule has 0 amide bonds. The van der Waals surface area contributed by atoms with Crippen molar-refractivity contribution in [2.45, 2.75) is 12.3 Å². The molecule has 1 heterocycles. The molecule has 1 aliphatic heterocycles. The summed E-state index contributed by atoms with van der Waals surface area (Å²) in [6, 6.07) is 16.3. The lowest BCUT2D eigenvalue weighted by molar-refractivity contribution is 0.252. The van der Waals surface area contributed by atoms with Crippen LogP contribution in [0.25, 0.3) is 6.08 Å². The van der Waals surface area contributed by atoms with Gasteiger partial charge in [-0.2, -0.15) is 0 Å². The van der Waals surface area contributed by atoms with Crippen molar-refractivity contribution in [3.63, 3.8) is 0 Å². The Labute approximate surface area is 143 Å². The number of allylic oxidation sites excluding steroid dienone is 1. The van der Waals surface area contributed by atoms with E-state index in [9.17, 15) is 5.11 Å². The van der Waals surface area contributed by atoms with E-state index in [1.165, 1.54) is 23.2 Å². The predicted octanol–water partition coefficient (Wildman–Crippen LogP) is 3.71. The van der Waals surface area contributed by atoms with Crippen molar-refractivity contribution in [2.24, 2.45) is 0 Å². The van der Waals surface area contributed by atoms with Crippen LogP contribution in [0.1, 0.15) is 23.5 Å². The highest BCUT2D eigenvalue weighted by Crippen LogP contribution is 2.32. The molecule has 0 spiro atoms. The number of fused-ring (bicyclic) bond motifs is 1. The van der Waals surface area contributed by atoms with Crippen molar-refractivity contribution in [3.8, 4) is 5.75 Å². The molecule has 1 saturated heterocycles. The van der Waals surface area contributed by atoms with E-state index in [2.05, 4.69) is 46.2 Å². The van der Waals surface area contributed by atoms with Gasteiger partial charge in [-0.1, -0.05) is 36.4 Å². The van der Waals surface area contributed by atoms with Crippen molar-refractivity contribution < 1.29 is 5.11 Å². The van der Waals surface area contributed by atoms with E-state index in [1.54, 1.807) is 12.1 Å². The largest absolute Gasteiger partial charge is 0.508 e. The van der Waals surface area contributed by atoms with Crippen molar-refractivity contribution in [3.05, 3.63) is 65.7 Å². The van der Waals surface area contributed by atoms with Crippen LogP contribution in [0, 0.1) is 0 Å². The number of phenols is 1. The van der Waals surface area contributed by atoms with Gasteiger partial charge in [0.15, 0.2) is 0 Å². The highest BCUT2D eigenvalue weighted by atomic mass is 16.3. The molecule has 3 heteroatoms. The maximum absolute atomic E-state index is 9.41. The lowest BCUT2D eigenvalue weighted by Crippen LogP contribution is -2.46. The molecule has 2 aromatic carbocycles. The summed E-state index contributed by atoms with van der Waals surface area (Å²) in [4.78, 5) is 4.98. The summed E-state index contributed by atoms with van der Waals surface area (Å²) in [5, 5.41) is 9.41. The van der Waals surface area contributed by atoms with Crippen LogP contribution in [-0.4, -0.2) is 42.7 Å². The van der Waals surface area contributed by atoms with Gasteiger partial charge in [0.25, 0.3) is 0 Å². The molecule has 1 unspecified atom stereocenters. The molecule has 3 nitrogen and oxygen atoms in total. The summed E-state index contributed by atoms with van der Waals surface area (Å²) < 4.78 is 0. The van der Waals surface area contributed by atoms with Gasteiger partial charge in [0, 0.05) is 37.8 Å². The molecule has 124 valence electrons. The summed E-state index contributed by atoms with van der Waals surface area (Å²) in [7, 11) is 0.